The average molecular weight is 288 g/mol. The molecule has 21 heavy (non-hydrogen) atoms. The second-order valence-electron chi connectivity index (χ2n) is 6.24. The van der Waals surface area contributed by atoms with Crippen molar-refractivity contribution in [3.05, 3.63) is 35.4 Å². The molecule has 2 aliphatic rings. The molecule has 0 radical (unpaired) electrons. The third-order valence-corrected chi connectivity index (χ3v) is 4.89. The van der Waals surface area contributed by atoms with E-state index in [1.54, 1.807) is 0 Å². The third kappa shape index (κ3) is 2.97. The summed E-state index contributed by atoms with van der Waals surface area (Å²) in [6.45, 7) is 4.22. The highest BCUT2D eigenvalue weighted by Crippen LogP contribution is 2.27. The standard InChI is InChI=1S/C17H24N2O2/c1-12(20)13-7-10-19(11-8-13)17(21)16-15-5-3-2-4-14(15)6-9-18-16/h2-5,12-13,16,18,20H,6-11H2,1H3/t12-,16+/m1/s1. The van der Waals surface area contributed by atoms with Crippen molar-refractivity contribution in [2.75, 3.05) is 19.6 Å². The monoisotopic (exact) mass is 288 g/mol. The highest BCUT2D eigenvalue weighted by Gasteiger charge is 2.32. The predicted octanol–water partition coefficient (Wildman–Crippen LogP) is 1.49. The number of carbonyl (C=O) groups excluding carboxylic acids is 1. The first kappa shape index (κ1) is 14.5. The van der Waals surface area contributed by atoms with E-state index >= 15 is 0 Å². The lowest BCUT2D eigenvalue weighted by Crippen LogP contribution is -2.47. The molecular weight excluding hydrogens is 264 g/mol. The highest BCUT2D eigenvalue weighted by molar-refractivity contribution is 5.84. The van der Waals surface area contributed by atoms with Gasteiger partial charge in [-0.1, -0.05) is 24.3 Å². The number of nitrogens with one attached hydrogen (secondary N) is 1. The van der Waals surface area contributed by atoms with E-state index in [-0.39, 0.29) is 18.1 Å². The SMILES string of the molecule is C[C@@H](O)C1CCN(C(=O)[C@H]2NCCc3ccccc32)CC1. The van der Waals surface area contributed by atoms with Crippen molar-refractivity contribution >= 4 is 5.91 Å². The minimum absolute atomic E-state index is 0.186. The van der Waals surface area contributed by atoms with Gasteiger partial charge in [0.2, 0.25) is 5.91 Å². The lowest BCUT2D eigenvalue weighted by molar-refractivity contribution is -0.135. The fourth-order valence-corrected chi connectivity index (χ4v) is 3.51. The summed E-state index contributed by atoms with van der Waals surface area (Å²) in [5.74, 6) is 0.520. The van der Waals surface area contributed by atoms with Gasteiger partial charge in [-0.25, -0.2) is 0 Å². The van der Waals surface area contributed by atoms with Crippen LogP contribution in [0, 0.1) is 5.92 Å². The van der Waals surface area contributed by atoms with Crippen molar-refractivity contribution in [1.82, 2.24) is 10.2 Å². The van der Waals surface area contributed by atoms with Crippen LogP contribution in [0.2, 0.25) is 0 Å². The Labute approximate surface area is 126 Å². The molecule has 0 bridgehead atoms. The first-order valence-corrected chi connectivity index (χ1v) is 7.95. The average Bonchev–Trinajstić information content (AvgIpc) is 2.53. The van der Waals surface area contributed by atoms with Crippen LogP contribution in [0.15, 0.2) is 24.3 Å². The van der Waals surface area contributed by atoms with E-state index in [2.05, 4.69) is 17.4 Å². The van der Waals surface area contributed by atoms with Gasteiger partial charge in [0.1, 0.15) is 6.04 Å². The third-order valence-electron chi connectivity index (χ3n) is 4.89. The lowest BCUT2D eigenvalue weighted by atomic mass is 9.90. The number of benzene rings is 1. The maximum atomic E-state index is 12.8. The summed E-state index contributed by atoms with van der Waals surface area (Å²) in [4.78, 5) is 14.8. The van der Waals surface area contributed by atoms with Gasteiger partial charge in [0.15, 0.2) is 0 Å². The Kier molecular flexibility index (Phi) is 4.27. The number of rotatable bonds is 2. The van der Waals surface area contributed by atoms with Gasteiger partial charge in [-0.2, -0.15) is 0 Å². The Morgan fingerprint density at radius 1 is 1.33 bits per heavy atom. The van der Waals surface area contributed by atoms with Crippen LogP contribution in [0.5, 0.6) is 0 Å². The van der Waals surface area contributed by atoms with Gasteiger partial charge < -0.3 is 15.3 Å². The number of aliphatic hydroxyl groups excluding tert-OH is 1. The number of aliphatic hydroxyl groups is 1. The largest absolute Gasteiger partial charge is 0.393 e. The number of amides is 1. The Balaban J connectivity index is 1.70. The molecule has 1 amide bonds. The second-order valence-corrected chi connectivity index (χ2v) is 6.24. The summed E-state index contributed by atoms with van der Waals surface area (Å²) >= 11 is 0. The number of likely N-dealkylation sites (tertiary alicyclic amines) is 1. The maximum Gasteiger partial charge on any atom is 0.244 e. The van der Waals surface area contributed by atoms with Crippen molar-refractivity contribution in [1.29, 1.82) is 0 Å². The van der Waals surface area contributed by atoms with E-state index in [4.69, 9.17) is 0 Å². The van der Waals surface area contributed by atoms with Gasteiger partial charge in [-0.15, -0.1) is 0 Å². The molecule has 2 N–H and O–H groups in total. The topological polar surface area (TPSA) is 52.6 Å². The van der Waals surface area contributed by atoms with E-state index in [9.17, 15) is 9.90 Å². The summed E-state index contributed by atoms with van der Waals surface area (Å²) in [6.07, 6.45) is 2.52. The minimum atomic E-state index is -0.268. The van der Waals surface area contributed by atoms with Crippen LogP contribution >= 0.6 is 0 Å². The van der Waals surface area contributed by atoms with Crippen LogP contribution < -0.4 is 5.32 Å². The van der Waals surface area contributed by atoms with Gasteiger partial charge in [-0.05, 0) is 43.2 Å². The zero-order chi connectivity index (χ0) is 14.8. The van der Waals surface area contributed by atoms with Crippen LogP contribution in [0.25, 0.3) is 0 Å². The van der Waals surface area contributed by atoms with Crippen molar-refractivity contribution in [3.8, 4) is 0 Å². The normalized spacial score (nSPS) is 24.5. The summed E-state index contributed by atoms with van der Waals surface area (Å²) in [6, 6.07) is 8.03. The Hall–Kier alpha value is -1.39. The zero-order valence-electron chi connectivity index (χ0n) is 12.6. The van der Waals surface area contributed by atoms with Gasteiger partial charge in [0.05, 0.1) is 6.10 Å². The number of nitrogens with zero attached hydrogens (tertiary/aromatic N) is 1. The maximum absolute atomic E-state index is 12.8. The minimum Gasteiger partial charge on any atom is -0.393 e. The van der Waals surface area contributed by atoms with Gasteiger partial charge in [0.25, 0.3) is 0 Å². The summed E-state index contributed by atoms with van der Waals surface area (Å²) < 4.78 is 0. The van der Waals surface area contributed by atoms with Crippen LogP contribution in [0.1, 0.15) is 36.9 Å². The Morgan fingerprint density at radius 3 is 2.76 bits per heavy atom. The summed E-state index contributed by atoms with van der Waals surface area (Å²) in [5, 5.41) is 13.0. The molecule has 2 heterocycles. The molecule has 0 unspecified atom stereocenters. The van der Waals surface area contributed by atoms with E-state index < -0.39 is 0 Å². The molecule has 3 rings (SSSR count). The molecule has 0 aliphatic carbocycles. The van der Waals surface area contributed by atoms with E-state index in [0.717, 1.165) is 44.5 Å². The van der Waals surface area contributed by atoms with Gasteiger partial charge in [0, 0.05) is 19.6 Å². The highest BCUT2D eigenvalue weighted by atomic mass is 16.3. The first-order chi connectivity index (χ1) is 10.2. The van der Waals surface area contributed by atoms with Crippen molar-refractivity contribution in [2.45, 2.75) is 38.3 Å². The summed E-state index contributed by atoms with van der Waals surface area (Å²) in [5.41, 5.74) is 2.42. The molecule has 4 heteroatoms. The van der Waals surface area contributed by atoms with Crippen molar-refractivity contribution in [3.63, 3.8) is 0 Å². The number of fused-ring (bicyclic) bond motifs is 1. The molecule has 1 aromatic carbocycles. The number of carbonyl (C=O) groups is 1. The van der Waals surface area contributed by atoms with Crippen LogP contribution in [-0.2, 0) is 11.2 Å². The molecule has 0 aromatic heterocycles. The molecule has 2 atom stereocenters. The van der Waals surface area contributed by atoms with Gasteiger partial charge in [-0.3, -0.25) is 4.79 Å². The summed E-state index contributed by atoms with van der Waals surface area (Å²) in [7, 11) is 0. The smallest absolute Gasteiger partial charge is 0.244 e. The quantitative estimate of drug-likeness (QED) is 0.867. The van der Waals surface area contributed by atoms with Crippen LogP contribution in [0.3, 0.4) is 0 Å². The Bertz CT molecular complexity index is 507. The predicted molar refractivity (Wildman–Crippen MR) is 81.9 cm³/mol. The molecule has 1 saturated heterocycles. The number of piperidine rings is 1. The fourth-order valence-electron chi connectivity index (χ4n) is 3.51. The number of hydrogen-bond acceptors (Lipinski definition) is 3. The molecule has 114 valence electrons. The first-order valence-electron chi connectivity index (χ1n) is 7.95. The molecule has 2 aliphatic heterocycles. The van der Waals surface area contributed by atoms with Crippen molar-refractivity contribution < 1.29 is 9.90 Å². The van der Waals surface area contributed by atoms with E-state index in [1.807, 2.05) is 24.0 Å². The Morgan fingerprint density at radius 2 is 2.05 bits per heavy atom. The number of hydrogen-bond donors (Lipinski definition) is 2. The molecule has 0 saturated carbocycles. The molecule has 0 spiro atoms. The molecule has 4 nitrogen and oxygen atoms in total. The zero-order valence-corrected chi connectivity index (χ0v) is 12.6. The lowest BCUT2D eigenvalue weighted by Gasteiger charge is -2.36. The van der Waals surface area contributed by atoms with Gasteiger partial charge >= 0.3 is 0 Å². The van der Waals surface area contributed by atoms with E-state index in [0.29, 0.717) is 5.92 Å². The van der Waals surface area contributed by atoms with Crippen molar-refractivity contribution in [2.24, 2.45) is 5.92 Å². The van der Waals surface area contributed by atoms with Crippen LogP contribution in [0.4, 0.5) is 0 Å². The fraction of sp³-hybridized carbons (Fsp3) is 0.588. The van der Waals surface area contributed by atoms with Crippen LogP contribution in [-0.4, -0.2) is 41.7 Å². The molecular formula is C17H24N2O2. The van der Waals surface area contributed by atoms with E-state index in [1.165, 1.54) is 5.56 Å². The molecule has 1 fully saturated rings. The second kappa shape index (κ2) is 6.16. The molecule has 1 aromatic rings.